The Hall–Kier alpha value is -2.16. The Bertz CT molecular complexity index is 549. The van der Waals surface area contributed by atoms with Crippen LogP contribution in [0.3, 0.4) is 0 Å². The molecule has 1 aliphatic rings. The van der Waals surface area contributed by atoms with E-state index in [0.717, 1.165) is 12.8 Å². The van der Waals surface area contributed by atoms with E-state index in [1.54, 1.807) is 20.8 Å². The second-order valence-electron chi connectivity index (χ2n) is 7.38. The van der Waals surface area contributed by atoms with Crippen molar-refractivity contribution in [3.05, 3.63) is 0 Å². The minimum absolute atomic E-state index is 0.333. The Labute approximate surface area is 153 Å². The normalized spacial score (nSPS) is 17.1. The van der Waals surface area contributed by atoms with E-state index in [4.69, 9.17) is 15.2 Å². The molecular formula is C17H29N3O6. The van der Waals surface area contributed by atoms with Crippen LogP contribution in [-0.4, -0.2) is 54.6 Å². The Morgan fingerprint density at radius 3 is 2.19 bits per heavy atom. The van der Waals surface area contributed by atoms with Gasteiger partial charge in [0.05, 0.1) is 20.1 Å². The third-order valence-corrected chi connectivity index (χ3v) is 4.02. The van der Waals surface area contributed by atoms with Gasteiger partial charge in [-0.05, 0) is 33.6 Å². The molecule has 1 aliphatic carbocycles. The Balaban J connectivity index is 2.91. The zero-order chi connectivity index (χ0) is 20.0. The molecule has 2 amide bonds. The van der Waals surface area contributed by atoms with Gasteiger partial charge in [-0.15, -0.1) is 0 Å². The summed E-state index contributed by atoms with van der Waals surface area (Å²) in [6.45, 7) is 4.76. The summed E-state index contributed by atoms with van der Waals surface area (Å²) in [6.07, 6.45) is 2.04. The number of ether oxygens (including phenoxy) is 2. The summed E-state index contributed by atoms with van der Waals surface area (Å²) >= 11 is 0. The van der Waals surface area contributed by atoms with Gasteiger partial charge in [0.25, 0.3) is 0 Å². The smallest absolute Gasteiger partial charge is 0.331 e. The topological polar surface area (TPSA) is 137 Å². The van der Waals surface area contributed by atoms with E-state index < -0.39 is 40.9 Å². The number of rotatable bonds is 7. The van der Waals surface area contributed by atoms with Crippen LogP contribution in [0.5, 0.6) is 0 Å². The van der Waals surface area contributed by atoms with Crippen molar-refractivity contribution in [2.75, 3.05) is 13.7 Å². The average molecular weight is 371 g/mol. The number of esters is 2. The molecule has 1 rings (SSSR count). The fourth-order valence-corrected chi connectivity index (χ4v) is 2.89. The van der Waals surface area contributed by atoms with Crippen molar-refractivity contribution < 1.29 is 28.7 Å². The molecule has 0 bridgehead atoms. The lowest BCUT2D eigenvalue weighted by Gasteiger charge is -2.30. The largest absolute Gasteiger partial charge is 0.467 e. The predicted molar refractivity (Wildman–Crippen MR) is 92.8 cm³/mol. The van der Waals surface area contributed by atoms with Crippen LogP contribution in [0.25, 0.3) is 0 Å². The van der Waals surface area contributed by atoms with Crippen LogP contribution in [0.4, 0.5) is 0 Å². The highest BCUT2D eigenvalue weighted by Crippen LogP contribution is 2.31. The molecule has 4 N–H and O–H groups in total. The highest BCUT2D eigenvalue weighted by atomic mass is 16.6. The van der Waals surface area contributed by atoms with Gasteiger partial charge in [0, 0.05) is 0 Å². The van der Waals surface area contributed by atoms with E-state index in [0.29, 0.717) is 12.8 Å². The lowest BCUT2D eigenvalue weighted by atomic mass is 9.96. The third kappa shape index (κ3) is 6.29. The van der Waals surface area contributed by atoms with Crippen molar-refractivity contribution >= 4 is 23.8 Å². The second kappa shape index (κ2) is 8.98. The summed E-state index contributed by atoms with van der Waals surface area (Å²) in [4.78, 5) is 48.6. The molecule has 1 atom stereocenters. The molecule has 0 saturated heterocycles. The maximum atomic E-state index is 12.7. The summed E-state index contributed by atoms with van der Waals surface area (Å²) in [5.41, 5.74) is 3.42. The van der Waals surface area contributed by atoms with Gasteiger partial charge < -0.3 is 25.8 Å². The van der Waals surface area contributed by atoms with Gasteiger partial charge >= 0.3 is 11.9 Å². The molecule has 0 unspecified atom stereocenters. The van der Waals surface area contributed by atoms with E-state index in [1.807, 2.05) is 0 Å². The molecule has 148 valence electrons. The number of carbonyl (C=O) groups excluding carboxylic acids is 4. The molecule has 0 aliphatic heterocycles. The standard InChI is InChI=1S/C17H29N3O6/c1-16(2,3)26-13(22)9-11(19-12(21)10-18)14(23)20-17(15(24)25-4)7-5-6-8-17/h11H,5-10,18H2,1-4H3,(H,19,21)(H,20,23)/t11-/m0/s1. The monoisotopic (exact) mass is 371 g/mol. The zero-order valence-electron chi connectivity index (χ0n) is 15.8. The van der Waals surface area contributed by atoms with Gasteiger partial charge in [0.1, 0.15) is 17.2 Å². The number of nitrogens with one attached hydrogen (secondary N) is 2. The number of carbonyl (C=O) groups is 4. The van der Waals surface area contributed by atoms with E-state index in [1.165, 1.54) is 7.11 Å². The number of hydrogen-bond donors (Lipinski definition) is 3. The van der Waals surface area contributed by atoms with Crippen molar-refractivity contribution in [1.82, 2.24) is 10.6 Å². The molecule has 0 aromatic carbocycles. The summed E-state index contributed by atoms with van der Waals surface area (Å²) in [6, 6.07) is -1.19. The van der Waals surface area contributed by atoms with Crippen LogP contribution in [0.15, 0.2) is 0 Å². The lowest BCUT2D eigenvalue weighted by molar-refractivity contribution is -0.157. The Kier molecular flexibility index (Phi) is 7.55. The van der Waals surface area contributed by atoms with Crippen LogP contribution in [-0.2, 0) is 28.7 Å². The molecule has 9 nitrogen and oxygen atoms in total. The van der Waals surface area contributed by atoms with Crippen LogP contribution in [0.1, 0.15) is 52.9 Å². The first-order valence-corrected chi connectivity index (χ1v) is 8.65. The van der Waals surface area contributed by atoms with Crippen LogP contribution >= 0.6 is 0 Å². The molecule has 0 radical (unpaired) electrons. The predicted octanol–water partition coefficient (Wildman–Crippen LogP) is -0.236. The molecular weight excluding hydrogens is 342 g/mol. The summed E-state index contributed by atoms with van der Waals surface area (Å²) in [5, 5.41) is 5.07. The van der Waals surface area contributed by atoms with E-state index in [-0.39, 0.29) is 13.0 Å². The number of hydrogen-bond acceptors (Lipinski definition) is 7. The van der Waals surface area contributed by atoms with E-state index in [2.05, 4.69) is 10.6 Å². The average Bonchev–Trinajstić information content (AvgIpc) is 3.01. The first kappa shape index (κ1) is 21.9. The van der Waals surface area contributed by atoms with Gasteiger partial charge in [-0.3, -0.25) is 14.4 Å². The van der Waals surface area contributed by atoms with E-state index >= 15 is 0 Å². The highest BCUT2D eigenvalue weighted by molar-refractivity contribution is 5.95. The SMILES string of the molecule is COC(=O)C1(NC(=O)[C@H](CC(=O)OC(C)(C)C)NC(=O)CN)CCCC1. The van der Waals surface area contributed by atoms with Gasteiger partial charge in [0.2, 0.25) is 11.8 Å². The van der Waals surface area contributed by atoms with Crippen LogP contribution < -0.4 is 16.4 Å². The minimum Gasteiger partial charge on any atom is -0.467 e. The highest BCUT2D eigenvalue weighted by Gasteiger charge is 2.45. The van der Waals surface area contributed by atoms with Gasteiger partial charge in [-0.1, -0.05) is 12.8 Å². The van der Waals surface area contributed by atoms with Crippen molar-refractivity contribution in [2.45, 2.75) is 70.1 Å². The van der Waals surface area contributed by atoms with Crippen molar-refractivity contribution in [3.8, 4) is 0 Å². The van der Waals surface area contributed by atoms with Crippen LogP contribution in [0.2, 0.25) is 0 Å². The van der Waals surface area contributed by atoms with E-state index in [9.17, 15) is 19.2 Å². The fraction of sp³-hybridized carbons (Fsp3) is 0.765. The van der Waals surface area contributed by atoms with Gasteiger partial charge in [0.15, 0.2) is 0 Å². The molecule has 0 heterocycles. The Morgan fingerprint density at radius 1 is 1.15 bits per heavy atom. The lowest BCUT2D eigenvalue weighted by Crippen LogP contribution is -2.59. The number of amides is 2. The van der Waals surface area contributed by atoms with Gasteiger partial charge in [-0.25, -0.2) is 4.79 Å². The molecule has 9 heteroatoms. The number of nitrogens with two attached hydrogens (primary N) is 1. The zero-order valence-corrected chi connectivity index (χ0v) is 15.8. The Morgan fingerprint density at radius 2 is 1.73 bits per heavy atom. The summed E-state index contributed by atoms with van der Waals surface area (Å²) in [7, 11) is 1.25. The first-order valence-electron chi connectivity index (χ1n) is 8.65. The summed E-state index contributed by atoms with van der Waals surface area (Å²) in [5.74, 6) is -2.42. The van der Waals surface area contributed by atoms with Crippen molar-refractivity contribution in [1.29, 1.82) is 0 Å². The molecule has 1 fully saturated rings. The third-order valence-electron chi connectivity index (χ3n) is 4.02. The van der Waals surface area contributed by atoms with Crippen LogP contribution in [0, 0.1) is 0 Å². The first-order chi connectivity index (χ1) is 12.0. The minimum atomic E-state index is -1.19. The fourth-order valence-electron chi connectivity index (χ4n) is 2.89. The quantitative estimate of drug-likeness (QED) is 0.525. The molecule has 0 aromatic heterocycles. The molecule has 0 aromatic rings. The summed E-state index contributed by atoms with van der Waals surface area (Å²) < 4.78 is 10.0. The molecule has 0 spiro atoms. The van der Waals surface area contributed by atoms with Crippen molar-refractivity contribution in [2.24, 2.45) is 5.73 Å². The molecule has 26 heavy (non-hydrogen) atoms. The van der Waals surface area contributed by atoms with Crippen molar-refractivity contribution in [3.63, 3.8) is 0 Å². The maximum Gasteiger partial charge on any atom is 0.331 e. The maximum absolute atomic E-state index is 12.7. The second-order valence-corrected chi connectivity index (χ2v) is 7.38. The molecule has 1 saturated carbocycles. The van der Waals surface area contributed by atoms with Gasteiger partial charge in [-0.2, -0.15) is 0 Å². The number of methoxy groups -OCH3 is 1.